The first-order chi connectivity index (χ1) is 5.57. The Kier molecular flexibility index (Phi) is 6.39. The van der Waals surface area contributed by atoms with Gasteiger partial charge >= 0.3 is 0 Å². The zero-order valence-corrected chi connectivity index (χ0v) is 8.45. The maximum Gasteiger partial charge on any atom is 0.0563 e. The average molecular weight is 174 g/mol. The van der Waals surface area contributed by atoms with Gasteiger partial charge in [0.05, 0.1) is 6.10 Å². The molecule has 0 radical (unpaired) electrons. The second-order valence-electron chi connectivity index (χ2n) is 4.01. The monoisotopic (exact) mass is 174 g/mol. The largest absolute Gasteiger partial charge is 0.396 e. The zero-order chi connectivity index (χ0) is 9.56. The summed E-state index contributed by atoms with van der Waals surface area (Å²) in [5, 5.41) is 18.1. The summed E-state index contributed by atoms with van der Waals surface area (Å²) in [5.74, 6) is 0.884. The van der Waals surface area contributed by atoms with Gasteiger partial charge < -0.3 is 10.2 Å². The number of hydrogen-bond acceptors (Lipinski definition) is 2. The number of aliphatic hydroxyl groups is 2. The number of aliphatic hydroxyl groups excluding tert-OH is 2. The molecule has 0 aliphatic rings. The van der Waals surface area contributed by atoms with Gasteiger partial charge in [0, 0.05) is 6.61 Å². The molecule has 2 N–H and O–H groups in total. The van der Waals surface area contributed by atoms with E-state index >= 15 is 0 Å². The highest BCUT2D eigenvalue weighted by molar-refractivity contribution is 4.62. The molecule has 0 heterocycles. The summed E-state index contributed by atoms with van der Waals surface area (Å²) in [6.07, 6.45) is 2.55. The predicted octanol–water partition coefficient (Wildman–Crippen LogP) is 1.80. The van der Waals surface area contributed by atoms with Crippen LogP contribution in [0.25, 0.3) is 0 Å². The summed E-state index contributed by atoms with van der Waals surface area (Å²) in [4.78, 5) is 0. The van der Waals surface area contributed by atoms with Crippen molar-refractivity contribution in [2.45, 2.75) is 46.1 Å². The SMILES string of the molecule is CC(C)[C@@H](O)CC[C@@H](C)CCO. The van der Waals surface area contributed by atoms with E-state index < -0.39 is 0 Å². The Hall–Kier alpha value is -0.0800. The quantitative estimate of drug-likeness (QED) is 0.644. The summed E-state index contributed by atoms with van der Waals surface area (Å²) in [6, 6.07) is 0. The molecule has 0 saturated heterocycles. The van der Waals surface area contributed by atoms with Crippen LogP contribution in [0, 0.1) is 11.8 Å². The molecule has 0 rings (SSSR count). The number of hydrogen-bond donors (Lipinski definition) is 2. The summed E-state index contributed by atoms with van der Waals surface area (Å²) >= 11 is 0. The van der Waals surface area contributed by atoms with Gasteiger partial charge in [-0.2, -0.15) is 0 Å². The summed E-state index contributed by atoms with van der Waals surface area (Å²) in [7, 11) is 0. The lowest BCUT2D eigenvalue weighted by atomic mass is 9.95. The van der Waals surface area contributed by atoms with E-state index in [2.05, 4.69) is 6.92 Å². The Balaban J connectivity index is 3.40. The Labute approximate surface area is 75.6 Å². The molecule has 0 spiro atoms. The molecule has 0 aromatic rings. The summed E-state index contributed by atoms with van der Waals surface area (Å²) in [6.45, 7) is 6.44. The van der Waals surface area contributed by atoms with Gasteiger partial charge in [0.1, 0.15) is 0 Å². The Bertz CT molecular complexity index is 102. The average Bonchev–Trinajstić information content (AvgIpc) is 2.00. The molecule has 2 heteroatoms. The van der Waals surface area contributed by atoms with Crippen LogP contribution >= 0.6 is 0 Å². The van der Waals surface area contributed by atoms with Gasteiger partial charge in [-0.25, -0.2) is 0 Å². The molecular weight excluding hydrogens is 152 g/mol. The van der Waals surface area contributed by atoms with E-state index in [1.54, 1.807) is 0 Å². The normalized spacial score (nSPS) is 16.5. The molecule has 0 aliphatic carbocycles. The lowest BCUT2D eigenvalue weighted by Gasteiger charge is -2.16. The molecule has 0 aliphatic heterocycles. The van der Waals surface area contributed by atoms with Gasteiger partial charge in [-0.15, -0.1) is 0 Å². The van der Waals surface area contributed by atoms with Crippen molar-refractivity contribution in [1.29, 1.82) is 0 Å². The first-order valence-electron chi connectivity index (χ1n) is 4.86. The highest BCUT2D eigenvalue weighted by Crippen LogP contribution is 2.15. The Morgan fingerprint density at radius 3 is 2.00 bits per heavy atom. The van der Waals surface area contributed by atoms with Crippen molar-refractivity contribution < 1.29 is 10.2 Å². The van der Waals surface area contributed by atoms with Crippen molar-refractivity contribution in [3.05, 3.63) is 0 Å². The van der Waals surface area contributed by atoms with Crippen LogP contribution in [0.2, 0.25) is 0 Å². The fourth-order valence-corrected chi connectivity index (χ4v) is 1.15. The van der Waals surface area contributed by atoms with Crippen molar-refractivity contribution in [2.75, 3.05) is 6.61 Å². The second-order valence-corrected chi connectivity index (χ2v) is 4.01. The summed E-state index contributed by atoms with van der Waals surface area (Å²) in [5.41, 5.74) is 0. The maximum atomic E-state index is 9.48. The van der Waals surface area contributed by atoms with Gasteiger partial charge in [-0.05, 0) is 31.1 Å². The highest BCUT2D eigenvalue weighted by Gasteiger charge is 2.10. The van der Waals surface area contributed by atoms with Crippen molar-refractivity contribution >= 4 is 0 Å². The first kappa shape index (κ1) is 11.9. The highest BCUT2D eigenvalue weighted by atomic mass is 16.3. The summed E-state index contributed by atoms with van der Waals surface area (Å²) < 4.78 is 0. The molecule has 2 nitrogen and oxygen atoms in total. The predicted molar refractivity (Wildman–Crippen MR) is 50.9 cm³/mol. The van der Waals surface area contributed by atoms with Crippen molar-refractivity contribution in [3.63, 3.8) is 0 Å². The third-order valence-electron chi connectivity index (χ3n) is 2.35. The lowest BCUT2D eigenvalue weighted by Crippen LogP contribution is -2.15. The molecule has 0 bridgehead atoms. The van der Waals surface area contributed by atoms with Crippen molar-refractivity contribution in [1.82, 2.24) is 0 Å². The van der Waals surface area contributed by atoms with E-state index in [0.29, 0.717) is 11.8 Å². The van der Waals surface area contributed by atoms with E-state index in [-0.39, 0.29) is 12.7 Å². The molecule has 0 fully saturated rings. The lowest BCUT2D eigenvalue weighted by molar-refractivity contribution is 0.107. The van der Waals surface area contributed by atoms with E-state index in [9.17, 15) is 5.11 Å². The van der Waals surface area contributed by atoms with E-state index in [4.69, 9.17) is 5.11 Å². The molecule has 0 saturated carbocycles. The van der Waals surface area contributed by atoms with Crippen molar-refractivity contribution in [3.8, 4) is 0 Å². The molecule has 12 heavy (non-hydrogen) atoms. The minimum atomic E-state index is -0.175. The third-order valence-corrected chi connectivity index (χ3v) is 2.35. The van der Waals surface area contributed by atoms with Gasteiger partial charge in [0.2, 0.25) is 0 Å². The van der Waals surface area contributed by atoms with Gasteiger partial charge in [-0.1, -0.05) is 20.8 Å². The van der Waals surface area contributed by atoms with Crippen LogP contribution in [0.4, 0.5) is 0 Å². The first-order valence-corrected chi connectivity index (χ1v) is 4.86. The zero-order valence-electron chi connectivity index (χ0n) is 8.45. The minimum absolute atomic E-state index is 0.175. The van der Waals surface area contributed by atoms with Crippen LogP contribution in [0.15, 0.2) is 0 Å². The smallest absolute Gasteiger partial charge is 0.0563 e. The Morgan fingerprint density at radius 2 is 1.58 bits per heavy atom. The Morgan fingerprint density at radius 1 is 1.00 bits per heavy atom. The molecular formula is C10H22O2. The molecule has 2 atom stereocenters. The van der Waals surface area contributed by atoms with Crippen LogP contribution in [0.5, 0.6) is 0 Å². The van der Waals surface area contributed by atoms with E-state index in [1.807, 2.05) is 13.8 Å². The van der Waals surface area contributed by atoms with Crippen molar-refractivity contribution in [2.24, 2.45) is 11.8 Å². The minimum Gasteiger partial charge on any atom is -0.396 e. The van der Waals surface area contributed by atoms with Gasteiger partial charge in [-0.3, -0.25) is 0 Å². The van der Waals surface area contributed by atoms with Crippen LogP contribution < -0.4 is 0 Å². The molecule has 0 aromatic carbocycles. The number of rotatable bonds is 6. The fourth-order valence-electron chi connectivity index (χ4n) is 1.15. The van der Waals surface area contributed by atoms with Gasteiger partial charge in [0.25, 0.3) is 0 Å². The van der Waals surface area contributed by atoms with Gasteiger partial charge in [0.15, 0.2) is 0 Å². The second kappa shape index (κ2) is 6.44. The fraction of sp³-hybridized carbons (Fsp3) is 1.00. The van der Waals surface area contributed by atoms with Crippen LogP contribution in [-0.4, -0.2) is 22.9 Å². The van der Waals surface area contributed by atoms with Crippen LogP contribution in [0.3, 0.4) is 0 Å². The standard InChI is InChI=1S/C10H22O2/c1-8(2)10(12)5-4-9(3)6-7-11/h8-12H,4-7H2,1-3H3/t9-,10+/m1/s1. The topological polar surface area (TPSA) is 40.5 Å². The molecule has 74 valence electrons. The molecule has 0 aromatic heterocycles. The van der Waals surface area contributed by atoms with E-state index in [0.717, 1.165) is 19.3 Å². The van der Waals surface area contributed by atoms with Crippen LogP contribution in [-0.2, 0) is 0 Å². The maximum absolute atomic E-state index is 9.48. The third kappa shape index (κ3) is 5.56. The molecule has 0 unspecified atom stereocenters. The van der Waals surface area contributed by atoms with Crippen LogP contribution in [0.1, 0.15) is 40.0 Å². The van der Waals surface area contributed by atoms with E-state index in [1.165, 1.54) is 0 Å². The molecule has 0 amide bonds.